The molecule has 0 spiro atoms. The molecule has 0 aliphatic carbocycles. The van der Waals surface area contributed by atoms with Crippen LogP contribution in [0.3, 0.4) is 0 Å². The summed E-state index contributed by atoms with van der Waals surface area (Å²) >= 11 is 6.80. The summed E-state index contributed by atoms with van der Waals surface area (Å²) in [7, 11) is 0. The van der Waals surface area contributed by atoms with Crippen molar-refractivity contribution in [3.8, 4) is 0 Å². The van der Waals surface area contributed by atoms with Gasteiger partial charge in [0.25, 0.3) is 5.91 Å². The molecule has 2 nitrogen and oxygen atoms in total. The van der Waals surface area contributed by atoms with Gasteiger partial charge >= 0.3 is 0 Å². The predicted molar refractivity (Wildman–Crippen MR) is 74.6 cm³/mol. The number of carbonyl (C=O) groups excluding carboxylic acids is 1. The Hall–Kier alpha value is -0.350. The first kappa shape index (κ1) is 13.7. The van der Waals surface area contributed by atoms with Gasteiger partial charge in [0.2, 0.25) is 0 Å². The predicted octanol–water partition coefficient (Wildman–Crippen LogP) is 3.27. The Labute approximate surface area is 113 Å². The minimum atomic E-state index is -0.262. The van der Waals surface area contributed by atoms with Gasteiger partial charge in [-0.2, -0.15) is 0 Å². The van der Waals surface area contributed by atoms with Crippen molar-refractivity contribution in [2.75, 3.05) is 10.7 Å². The lowest BCUT2D eigenvalue weighted by Gasteiger charge is -2.26. The smallest absolute Gasteiger partial charge is 0.251 e. The topological polar surface area (TPSA) is 29.1 Å². The van der Waals surface area contributed by atoms with E-state index in [2.05, 4.69) is 37.2 Å². The average molecular weight is 349 g/mol. The molecular weight excluding hydrogens is 334 g/mol. The molecule has 0 heterocycles. The third-order valence-corrected chi connectivity index (χ3v) is 4.79. The molecular formula is C12H15Br2NO. The number of amides is 1. The van der Waals surface area contributed by atoms with Crippen molar-refractivity contribution in [3.05, 3.63) is 35.4 Å². The summed E-state index contributed by atoms with van der Waals surface area (Å²) in [5.74, 6) is -0.0404. The number of carbonyl (C=O) groups is 1. The Morgan fingerprint density at radius 3 is 2.19 bits per heavy atom. The monoisotopic (exact) mass is 347 g/mol. The molecule has 1 aromatic rings. The number of nitrogens with one attached hydrogen (secondary N) is 1. The highest BCUT2D eigenvalue weighted by Crippen LogP contribution is 2.13. The lowest BCUT2D eigenvalue weighted by atomic mass is 10.1. The molecule has 4 heteroatoms. The third kappa shape index (κ3) is 3.59. The summed E-state index contributed by atoms with van der Waals surface area (Å²) in [5, 5.41) is 4.42. The molecule has 0 bridgehead atoms. The summed E-state index contributed by atoms with van der Waals surface area (Å²) in [6.45, 7) is 3.99. The Balaban J connectivity index is 2.76. The summed E-state index contributed by atoms with van der Waals surface area (Å²) in [4.78, 5) is 11.9. The van der Waals surface area contributed by atoms with Gasteiger partial charge in [0, 0.05) is 16.2 Å². The van der Waals surface area contributed by atoms with Crippen molar-refractivity contribution in [1.82, 2.24) is 5.32 Å². The third-order valence-electron chi connectivity index (χ3n) is 2.32. The van der Waals surface area contributed by atoms with E-state index in [-0.39, 0.29) is 11.4 Å². The maximum Gasteiger partial charge on any atom is 0.251 e. The standard InChI is InChI=1S/C12H15Br2NO/c1-9-3-5-10(6-4-9)11(16)15-12(2,7-13)8-14/h3-6H,7-8H2,1-2H3,(H,15,16). The van der Waals surface area contributed by atoms with Gasteiger partial charge in [-0.15, -0.1) is 0 Å². The molecule has 0 aliphatic rings. The number of rotatable bonds is 4. The Kier molecular flexibility index (Phi) is 4.99. The second-order valence-corrected chi connectivity index (χ2v) is 5.27. The molecule has 0 radical (unpaired) electrons. The van der Waals surface area contributed by atoms with E-state index in [1.165, 1.54) is 0 Å². The fourth-order valence-corrected chi connectivity index (χ4v) is 2.36. The molecule has 88 valence electrons. The number of alkyl halides is 2. The van der Waals surface area contributed by atoms with Crippen LogP contribution in [-0.4, -0.2) is 22.1 Å². The molecule has 16 heavy (non-hydrogen) atoms. The summed E-state index contributed by atoms with van der Waals surface area (Å²) in [6.07, 6.45) is 0. The zero-order chi connectivity index (χ0) is 12.2. The summed E-state index contributed by atoms with van der Waals surface area (Å²) in [5.41, 5.74) is 1.58. The van der Waals surface area contributed by atoms with Gasteiger partial charge in [0.1, 0.15) is 0 Å². The lowest BCUT2D eigenvalue weighted by molar-refractivity contribution is 0.0923. The van der Waals surface area contributed by atoms with Crippen LogP contribution in [0.4, 0.5) is 0 Å². The summed E-state index contributed by atoms with van der Waals surface area (Å²) in [6, 6.07) is 7.56. The number of halogens is 2. The molecule has 0 saturated carbocycles. The van der Waals surface area contributed by atoms with E-state index >= 15 is 0 Å². The number of hydrogen-bond donors (Lipinski definition) is 1. The van der Waals surface area contributed by atoms with Crippen LogP contribution < -0.4 is 5.32 Å². The zero-order valence-corrected chi connectivity index (χ0v) is 12.6. The van der Waals surface area contributed by atoms with E-state index in [4.69, 9.17) is 0 Å². The Morgan fingerprint density at radius 2 is 1.75 bits per heavy atom. The molecule has 0 aromatic heterocycles. The first-order valence-electron chi connectivity index (χ1n) is 5.02. The average Bonchev–Trinajstić information content (AvgIpc) is 2.29. The fraction of sp³-hybridized carbons (Fsp3) is 0.417. The molecule has 0 aliphatic heterocycles. The van der Waals surface area contributed by atoms with Gasteiger partial charge in [0.15, 0.2) is 0 Å². The Morgan fingerprint density at radius 1 is 1.25 bits per heavy atom. The minimum absolute atomic E-state index is 0.0404. The van der Waals surface area contributed by atoms with Crippen LogP contribution in [0.1, 0.15) is 22.8 Å². The van der Waals surface area contributed by atoms with Crippen molar-refractivity contribution in [2.45, 2.75) is 19.4 Å². The fourth-order valence-electron chi connectivity index (χ4n) is 1.15. The maximum absolute atomic E-state index is 11.9. The highest BCUT2D eigenvalue weighted by Gasteiger charge is 2.24. The molecule has 1 amide bonds. The number of aryl methyl sites for hydroxylation is 1. The van der Waals surface area contributed by atoms with Crippen molar-refractivity contribution < 1.29 is 4.79 Å². The van der Waals surface area contributed by atoms with Gasteiger partial charge in [-0.05, 0) is 26.0 Å². The number of hydrogen-bond acceptors (Lipinski definition) is 1. The molecule has 1 aromatic carbocycles. The second kappa shape index (κ2) is 5.82. The van der Waals surface area contributed by atoms with E-state index < -0.39 is 0 Å². The van der Waals surface area contributed by atoms with Gasteiger partial charge in [-0.25, -0.2) is 0 Å². The molecule has 1 rings (SSSR count). The maximum atomic E-state index is 11.9. The quantitative estimate of drug-likeness (QED) is 0.831. The van der Waals surface area contributed by atoms with Crippen molar-refractivity contribution in [3.63, 3.8) is 0 Å². The molecule has 0 saturated heterocycles. The SMILES string of the molecule is Cc1ccc(C(=O)NC(C)(CBr)CBr)cc1. The highest BCUT2D eigenvalue weighted by atomic mass is 79.9. The first-order valence-corrected chi connectivity index (χ1v) is 7.26. The van der Waals surface area contributed by atoms with Crippen LogP contribution in [-0.2, 0) is 0 Å². The zero-order valence-electron chi connectivity index (χ0n) is 9.39. The van der Waals surface area contributed by atoms with Crippen molar-refractivity contribution >= 4 is 37.8 Å². The van der Waals surface area contributed by atoms with Gasteiger partial charge in [0.05, 0.1) is 5.54 Å². The van der Waals surface area contributed by atoms with E-state index in [0.717, 1.165) is 5.56 Å². The molecule has 0 atom stereocenters. The van der Waals surface area contributed by atoms with Crippen molar-refractivity contribution in [1.29, 1.82) is 0 Å². The minimum Gasteiger partial charge on any atom is -0.345 e. The van der Waals surface area contributed by atoms with E-state index in [9.17, 15) is 4.79 Å². The first-order chi connectivity index (χ1) is 7.50. The van der Waals surface area contributed by atoms with Crippen LogP contribution in [0.15, 0.2) is 24.3 Å². The molecule has 1 N–H and O–H groups in total. The second-order valence-electron chi connectivity index (χ2n) is 4.15. The van der Waals surface area contributed by atoms with Gasteiger partial charge in [-0.1, -0.05) is 49.6 Å². The van der Waals surface area contributed by atoms with Gasteiger partial charge < -0.3 is 5.32 Å². The van der Waals surface area contributed by atoms with E-state index in [1.807, 2.05) is 38.1 Å². The van der Waals surface area contributed by atoms with E-state index in [0.29, 0.717) is 16.2 Å². The largest absolute Gasteiger partial charge is 0.345 e. The number of benzene rings is 1. The lowest BCUT2D eigenvalue weighted by Crippen LogP contribution is -2.48. The van der Waals surface area contributed by atoms with E-state index in [1.54, 1.807) is 0 Å². The normalized spacial score (nSPS) is 11.2. The molecule has 0 fully saturated rings. The van der Waals surface area contributed by atoms with Crippen LogP contribution in [0, 0.1) is 6.92 Å². The van der Waals surface area contributed by atoms with Crippen LogP contribution in [0.2, 0.25) is 0 Å². The highest BCUT2D eigenvalue weighted by molar-refractivity contribution is 9.09. The van der Waals surface area contributed by atoms with Gasteiger partial charge in [-0.3, -0.25) is 4.79 Å². The molecule has 0 unspecified atom stereocenters. The Bertz CT molecular complexity index is 358. The van der Waals surface area contributed by atoms with Crippen molar-refractivity contribution in [2.24, 2.45) is 0 Å². The van der Waals surface area contributed by atoms with Crippen LogP contribution in [0.5, 0.6) is 0 Å². The summed E-state index contributed by atoms with van der Waals surface area (Å²) < 4.78 is 0. The van der Waals surface area contributed by atoms with Crippen LogP contribution in [0.25, 0.3) is 0 Å². The van der Waals surface area contributed by atoms with Crippen LogP contribution >= 0.6 is 31.9 Å².